The van der Waals surface area contributed by atoms with Gasteiger partial charge in [0.05, 0.1) is 27.3 Å². The smallest absolute Gasteiger partial charge is 0.377 e. The highest BCUT2D eigenvalue weighted by atomic mass is 16.8. The van der Waals surface area contributed by atoms with Gasteiger partial charge in [0.25, 0.3) is 5.69 Å². The van der Waals surface area contributed by atoms with Gasteiger partial charge in [-0.1, -0.05) is 24.3 Å². The molecule has 142 valence electrons. The summed E-state index contributed by atoms with van der Waals surface area (Å²) in [6, 6.07) is 19.1. The third-order valence-corrected chi connectivity index (χ3v) is 4.93. The van der Waals surface area contributed by atoms with Crippen molar-refractivity contribution in [2.45, 2.75) is 5.91 Å². The van der Waals surface area contributed by atoms with Crippen LogP contribution in [0.4, 0.5) is 17.1 Å². The molecule has 0 fully saturated rings. The van der Waals surface area contributed by atoms with Crippen LogP contribution in [0.1, 0.15) is 26.3 Å². The summed E-state index contributed by atoms with van der Waals surface area (Å²) in [6.45, 7) is 0. The van der Waals surface area contributed by atoms with Crippen LogP contribution in [0.15, 0.2) is 72.8 Å². The Morgan fingerprint density at radius 1 is 0.793 bits per heavy atom. The summed E-state index contributed by atoms with van der Waals surface area (Å²) < 4.78 is 11.4. The third-order valence-electron chi connectivity index (χ3n) is 4.93. The monoisotopic (exact) mass is 388 g/mol. The number of hydrogen-bond acceptors (Lipinski definition) is 7. The molecule has 8 nitrogen and oxygen atoms in total. The Hall–Kier alpha value is -4.20. The van der Waals surface area contributed by atoms with Crippen molar-refractivity contribution in [1.29, 1.82) is 0 Å². The standard InChI is InChI=1S/C21H12N2O6/c24-19-15-5-1-3-7-17(15)21(28-19)22(13-9-11-14(12-10-13)23(26)27)18-8-4-2-6-16(18)20(25)29-21/h1-12H. The number of rotatable bonds is 2. The molecule has 1 spiro atoms. The molecule has 0 aliphatic carbocycles. The number of fused-ring (bicyclic) bond motifs is 3. The van der Waals surface area contributed by atoms with Crippen molar-refractivity contribution in [2.24, 2.45) is 0 Å². The first-order valence-electron chi connectivity index (χ1n) is 8.71. The van der Waals surface area contributed by atoms with Gasteiger partial charge in [0.2, 0.25) is 0 Å². The molecule has 2 heterocycles. The quantitative estimate of drug-likeness (QED) is 0.373. The van der Waals surface area contributed by atoms with Gasteiger partial charge in [0.15, 0.2) is 0 Å². The van der Waals surface area contributed by atoms with Crippen LogP contribution in [0.5, 0.6) is 0 Å². The van der Waals surface area contributed by atoms with Gasteiger partial charge in [0.1, 0.15) is 0 Å². The van der Waals surface area contributed by atoms with Crippen LogP contribution in [0.3, 0.4) is 0 Å². The molecule has 0 amide bonds. The second kappa shape index (κ2) is 5.90. The van der Waals surface area contributed by atoms with Crippen molar-refractivity contribution in [3.63, 3.8) is 0 Å². The molecule has 8 heteroatoms. The maximum atomic E-state index is 12.8. The van der Waals surface area contributed by atoms with Crippen molar-refractivity contribution in [3.05, 3.63) is 99.6 Å². The molecular formula is C21H12N2O6. The van der Waals surface area contributed by atoms with Gasteiger partial charge in [-0.3, -0.25) is 15.0 Å². The number of nitro groups is 1. The van der Waals surface area contributed by atoms with Crippen molar-refractivity contribution in [3.8, 4) is 0 Å². The molecule has 3 aromatic carbocycles. The van der Waals surface area contributed by atoms with Crippen molar-refractivity contribution in [2.75, 3.05) is 4.90 Å². The van der Waals surface area contributed by atoms with E-state index in [1.807, 2.05) is 0 Å². The minimum Gasteiger partial charge on any atom is -0.395 e. The molecule has 0 N–H and O–H groups in total. The largest absolute Gasteiger partial charge is 0.395 e. The van der Waals surface area contributed by atoms with E-state index in [1.54, 1.807) is 53.4 Å². The van der Waals surface area contributed by atoms with E-state index in [0.29, 0.717) is 16.9 Å². The molecule has 0 bridgehead atoms. The van der Waals surface area contributed by atoms with E-state index >= 15 is 0 Å². The maximum Gasteiger partial charge on any atom is 0.377 e. The fourth-order valence-corrected chi connectivity index (χ4v) is 3.67. The number of ether oxygens (including phenoxy) is 2. The van der Waals surface area contributed by atoms with Gasteiger partial charge in [-0.15, -0.1) is 0 Å². The topological polar surface area (TPSA) is 99.0 Å². The minimum atomic E-state index is -1.84. The average molecular weight is 388 g/mol. The van der Waals surface area contributed by atoms with Crippen molar-refractivity contribution in [1.82, 2.24) is 0 Å². The van der Waals surface area contributed by atoms with Gasteiger partial charge in [0, 0.05) is 17.8 Å². The number of esters is 2. The Morgan fingerprint density at radius 2 is 1.38 bits per heavy atom. The minimum absolute atomic E-state index is 0.0890. The summed E-state index contributed by atoms with van der Waals surface area (Å²) in [7, 11) is 0. The van der Waals surface area contributed by atoms with Crippen LogP contribution in [0.25, 0.3) is 0 Å². The van der Waals surface area contributed by atoms with Crippen molar-refractivity contribution >= 4 is 29.0 Å². The molecule has 2 aliphatic heterocycles. The van der Waals surface area contributed by atoms with Crippen LogP contribution in [0.2, 0.25) is 0 Å². The van der Waals surface area contributed by atoms with E-state index in [9.17, 15) is 19.7 Å². The van der Waals surface area contributed by atoms with Crippen LogP contribution in [-0.2, 0) is 15.4 Å². The fourth-order valence-electron chi connectivity index (χ4n) is 3.67. The number of nitro benzene ring substituents is 1. The second-order valence-electron chi connectivity index (χ2n) is 6.53. The van der Waals surface area contributed by atoms with Gasteiger partial charge < -0.3 is 9.47 Å². The molecule has 2 aliphatic rings. The molecule has 0 saturated carbocycles. The SMILES string of the molecule is O=C1OC2(OC(=O)c3ccccc32)N(c2ccc([N+](=O)[O-])cc2)c2ccccc21. The lowest BCUT2D eigenvalue weighted by Crippen LogP contribution is -2.51. The molecule has 29 heavy (non-hydrogen) atoms. The molecule has 3 aromatic rings. The predicted molar refractivity (Wildman–Crippen MR) is 101 cm³/mol. The Labute approximate surface area is 164 Å². The first-order valence-corrected chi connectivity index (χ1v) is 8.71. The summed E-state index contributed by atoms with van der Waals surface area (Å²) in [5.41, 5.74) is 1.78. The lowest BCUT2D eigenvalue weighted by molar-refractivity contribution is -0.384. The fraction of sp³-hybridized carbons (Fsp3) is 0.0476. The molecule has 0 saturated heterocycles. The summed E-state index contributed by atoms with van der Waals surface area (Å²) in [4.78, 5) is 37.4. The van der Waals surface area contributed by atoms with Gasteiger partial charge in [-0.25, -0.2) is 9.59 Å². The number of carbonyl (C=O) groups excluding carboxylic acids is 2. The second-order valence-corrected chi connectivity index (χ2v) is 6.53. The summed E-state index contributed by atoms with van der Waals surface area (Å²) in [5.74, 6) is -3.10. The number of hydrogen-bond donors (Lipinski definition) is 0. The zero-order valence-electron chi connectivity index (χ0n) is 14.8. The van der Waals surface area contributed by atoms with E-state index in [2.05, 4.69) is 0 Å². The number of non-ortho nitro benzene ring substituents is 1. The van der Waals surface area contributed by atoms with E-state index in [-0.39, 0.29) is 16.8 Å². The zero-order valence-corrected chi connectivity index (χ0v) is 14.8. The van der Waals surface area contributed by atoms with Crippen LogP contribution in [0, 0.1) is 10.1 Å². The number of benzene rings is 3. The molecule has 1 unspecified atom stereocenters. The highest BCUT2D eigenvalue weighted by Gasteiger charge is 2.58. The van der Waals surface area contributed by atoms with E-state index in [1.165, 1.54) is 24.3 Å². The summed E-state index contributed by atoms with van der Waals surface area (Å²) in [5, 5.41) is 11.0. The third kappa shape index (κ3) is 2.32. The summed E-state index contributed by atoms with van der Waals surface area (Å²) in [6.07, 6.45) is 0. The highest BCUT2D eigenvalue weighted by molar-refractivity contribution is 6.02. The highest BCUT2D eigenvalue weighted by Crippen LogP contribution is 2.50. The molecule has 0 radical (unpaired) electrons. The Balaban J connectivity index is 1.78. The van der Waals surface area contributed by atoms with Gasteiger partial charge in [-0.2, -0.15) is 0 Å². The van der Waals surface area contributed by atoms with E-state index in [4.69, 9.17) is 9.47 Å². The molecule has 0 aromatic heterocycles. The Bertz CT molecular complexity index is 1190. The van der Waals surface area contributed by atoms with Crippen LogP contribution < -0.4 is 4.90 Å². The number of carbonyl (C=O) groups is 2. The lowest BCUT2D eigenvalue weighted by Gasteiger charge is -2.43. The number of para-hydroxylation sites is 1. The molecule has 1 atom stereocenters. The average Bonchev–Trinajstić information content (AvgIpc) is 3.00. The first-order chi connectivity index (χ1) is 14.0. The van der Waals surface area contributed by atoms with E-state index < -0.39 is 22.8 Å². The first kappa shape index (κ1) is 16.9. The normalized spacial score (nSPS) is 19.4. The molecule has 5 rings (SSSR count). The Kier molecular flexibility index (Phi) is 3.44. The van der Waals surface area contributed by atoms with Crippen LogP contribution in [-0.4, -0.2) is 16.9 Å². The van der Waals surface area contributed by atoms with E-state index in [0.717, 1.165) is 0 Å². The Morgan fingerprint density at radius 3 is 2.07 bits per heavy atom. The maximum absolute atomic E-state index is 12.8. The number of anilines is 2. The zero-order chi connectivity index (χ0) is 20.2. The predicted octanol–water partition coefficient (Wildman–Crippen LogP) is 3.88. The van der Waals surface area contributed by atoms with Crippen molar-refractivity contribution < 1.29 is 24.0 Å². The van der Waals surface area contributed by atoms with Gasteiger partial charge in [-0.05, 0) is 36.4 Å². The lowest BCUT2D eigenvalue weighted by atomic mass is 10.0. The molecular weight excluding hydrogens is 376 g/mol. The number of nitrogens with zero attached hydrogens (tertiary/aromatic N) is 2. The van der Waals surface area contributed by atoms with Gasteiger partial charge >= 0.3 is 17.8 Å². The van der Waals surface area contributed by atoms with Crippen LogP contribution >= 0.6 is 0 Å². The summed E-state index contributed by atoms with van der Waals surface area (Å²) >= 11 is 0.